The summed E-state index contributed by atoms with van der Waals surface area (Å²) in [6, 6.07) is 0. The van der Waals surface area contributed by atoms with Gasteiger partial charge in [0, 0.05) is 5.41 Å². The van der Waals surface area contributed by atoms with Crippen LogP contribution in [0.1, 0.15) is 20.8 Å². The lowest BCUT2D eigenvalue weighted by Crippen LogP contribution is -2.27. The summed E-state index contributed by atoms with van der Waals surface area (Å²) in [5.74, 6) is -0.343. The van der Waals surface area contributed by atoms with E-state index in [-0.39, 0.29) is 11.4 Å². The van der Waals surface area contributed by atoms with E-state index < -0.39 is 11.3 Å². The van der Waals surface area contributed by atoms with Gasteiger partial charge >= 0.3 is 5.97 Å². The number of ether oxygens (including phenoxy) is 2. The van der Waals surface area contributed by atoms with E-state index in [1.54, 1.807) is 0 Å². The number of carbonyl (C=O) groups is 1. The van der Waals surface area contributed by atoms with E-state index in [9.17, 15) is 4.79 Å². The van der Waals surface area contributed by atoms with Crippen LogP contribution in [0.5, 0.6) is 0 Å². The Morgan fingerprint density at radius 2 is 2.00 bits per heavy atom. The number of alkyl halides is 1. The zero-order valence-electron chi connectivity index (χ0n) is 6.76. The normalized spacial score (nSPS) is 32.2. The van der Waals surface area contributed by atoms with Gasteiger partial charge < -0.3 is 9.47 Å². The molecule has 11 heavy (non-hydrogen) atoms. The molecular formula is C7H11BrO3. The number of esters is 1. The summed E-state index contributed by atoms with van der Waals surface area (Å²) in [5, 5.41) is -0.591. The zero-order chi connectivity index (χ0) is 8.65. The predicted octanol–water partition coefficient (Wildman–Crippen LogP) is 1.65. The smallest absolute Gasteiger partial charge is 0.348 e. The quantitative estimate of drug-likeness (QED) is 0.462. The van der Waals surface area contributed by atoms with Gasteiger partial charge in [-0.3, -0.25) is 0 Å². The highest BCUT2D eigenvalue weighted by molar-refractivity contribution is 9.09. The van der Waals surface area contributed by atoms with Crippen molar-refractivity contribution in [1.29, 1.82) is 0 Å². The highest BCUT2D eigenvalue weighted by Crippen LogP contribution is 2.30. The first kappa shape index (κ1) is 9.00. The molecule has 1 aliphatic rings. The second kappa shape index (κ2) is 2.75. The maximum Gasteiger partial charge on any atom is 0.348 e. The van der Waals surface area contributed by atoms with Crippen molar-refractivity contribution >= 4 is 21.9 Å². The van der Waals surface area contributed by atoms with Gasteiger partial charge in [0.25, 0.3) is 0 Å². The Kier molecular flexibility index (Phi) is 2.25. The van der Waals surface area contributed by atoms with Crippen molar-refractivity contribution < 1.29 is 14.3 Å². The average Bonchev–Trinajstić information content (AvgIpc) is 2.11. The molecule has 1 saturated heterocycles. The summed E-state index contributed by atoms with van der Waals surface area (Å²) in [6.45, 7) is 5.86. The summed E-state index contributed by atoms with van der Waals surface area (Å²) < 4.78 is 10.1. The highest BCUT2D eigenvalue weighted by atomic mass is 79.9. The molecule has 4 heteroatoms. The predicted molar refractivity (Wildman–Crippen MR) is 43.1 cm³/mol. The van der Waals surface area contributed by atoms with Crippen molar-refractivity contribution in [3.8, 4) is 0 Å². The van der Waals surface area contributed by atoms with Crippen LogP contribution < -0.4 is 0 Å². The first-order chi connectivity index (χ1) is 4.91. The second-order valence-corrected chi connectivity index (χ2v) is 4.42. The summed E-state index contributed by atoms with van der Waals surface area (Å²) in [4.78, 5) is 10.8. The van der Waals surface area contributed by atoms with Crippen LogP contribution in [0.25, 0.3) is 0 Å². The summed E-state index contributed by atoms with van der Waals surface area (Å²) in [6.07, 6.45) is -0.431. The molecule has 0 aliphatic carbocycles. The van der Waals surface area contributed by atoms with E-state index in [4.69, 9.17) is 9.47 Å². The van der Waals surface area contributed by atoms with Gasteiger partial charge in [0.2, 0.25) is 11.3 Å². The summed E-state index contributed by atoms with van der Waals surface area (Å²) in [7, 11) is 0. The van der Waals surface area contributed by atoms with E-state index in [1.807, 2.05) is 20.8 Å². The first-order valence-corrected chi connectivity index (χ1v) is 4.33. The molecule has 0 spiro atoms. The van der Waals surface area contributed by atoms with Gasteiger partial charge in [0.05, 0.1) is 0 Å². The number of hydrogen-bond acceptors (Lipinski definition) is 3. The van der Waals surface area contributed by atoms with Gasteiger partial charge in [-0.1, -0.05) is 20.8 Å². The fourth-order valence-corrected chi connectivity index (χ4v) is 1.04. The maximum atomic E-state index is 10.8. The topological polar surface area (TPSA) is 35.5 Å². The Morgan fingerprint density at radius 1 is 1.45 bits per heavy atom. The highest BCUT2D eigenvalue weighted by Gasteiger charge is 2.40. The Bertz CT molecular complexity index is 173. The van der Waals surface area contributed by atoms with Crippen molar-refractivity contribution in [2.75, 3.05) is 0 Å². The number of carbonyl (C=O) groups excluding carboxylic acids is 1. The van der Waals surface area contributed by atoms with Crippen LogP contribution in [-0.2, 0) is 14.3 Å². The molecule has 0 amide bonds. The largest absolute Gasteiger partial charge is 0.433 e. The second-order valence-electron chi connectivity index (χ2n) is 3.59. The van der Waals surface area contributed by atoms with E-state index in [0.29, 0.717) is 0 Å². The van der Waals surface area contributed by atoms with Gasteiger partial charge in [-0.25, -0.2) is 4.79 Å². The Balaban J connectivity index is 2.61. The molecule has 0 aromatic rings. The van der Waals surface area contributed by atoms with Gasteiger partial charge in [-0.05, 0) is 15.9 Å². The molecule has 0 aromatic carbocycles. The van der Waals surface area contributed by atoms with Gasteiger partial charge in [0.1, 0.15) is 0 Å². The lowest BCUT2D eigenvalue weighted by Gasteiger charge is -2.23. The molecule has 0 unspecified atom stereocenters. The van der Waals surface area contributed by atoms with Crippen molar-refractivity contribution in [1.82, 2.24) is 0 Å². The molecule has 0 N–H and O–H groups in total. The molecule has 1 heterocycles. The first-order valence-electron chi connectivity index (χ1n) is 3.41. The van der Waals surface area contributed by atoms with E-state index in [2.05, 4.69) is 15.9 Å². The Labute approximate surface area is 74.2 Å². The zero-order valence-corrected chi connectivity index (χ0v) is 8.34. The molecule has 3 nitrogen and oxygen atoms in total. The van der Waals surface area contributed by atoms with Crippen molar-refractivity contribution in [2.45, 2.75) is 32.1 Å². The van der Waals surface area contributed by atoms with Crippen molar-refractivity contribution in [3.05, 3.63) is 0 Å². The van der Waals surface area contributed by atoms with Crippen LogP contribution in [-0.4, -0.2) is 17.3 Å². The minimum atomic E-state index is -0.591. The van der Waals surface area contributed by atoms with Crippen LogP contribution in [0, 0.1) is 5.41 Å². The molecular weight excluding hydrogens is 212 g/mol. The fourth-order valence-electron chi connectivity index (χ4n) is 0.732. The molecule has 1 fully saturated rings. The maximum absolute atomic E-state index is 10.8. The number of rotatable bonds is 0. The molecule has 64 valence electrons. The molecule has 0 saturated carbocycles. The van der Waals surface area contributed by atoms with Crippen LogP contribution >= 0.6 is 15.9 Å². The SMILES string of the molecule is CC(C)(C)[C@H]1OC(=O)[C@H](Br)O1. The molecule has 2 atom stereocenters. The minimum absolute atomic E-state index is 0.155. The van der Waals surface area contributed by atoms with Gasteiger partial charge in [-0.15, -0.1) is 0 Å². The van der Waals surface area contributed by atoms with Crippen molar-refractivity contribution in [3.63, 3.8) is 0 Å². The molecule has 0 aromatic heterocycles. The Hall–Kier alpha value is -0.0900. The van der Waals surface area contributed by atoms with E-state index in [1.165, 1.54) is 0 Å². The van der Waals surface area contributed by atoms with Crippen LogP contribution in [0.15, 0.2) is 0 Å². The molecule has 0 radical (unpaired) electrons. The lowest BCUT2D eigenvalue weighted by atomic mass is 9.96. The standard InChI is InChI=1S/C7H11BrO3/c1-7(2,3)6-10-4(8)5(9)11-6/h4,6H,1-3H3/t4-,6-/m1/s1. The van der Waals surface area contributed by atoms with Gasteiger partial charge in [-0.2, -0.15) is 0 Å². The minimum Gasteiger partial charge on any atom is -0.433 e. The summed E-state index contributed by atoms with van der Waals surface area (Å²) >= 11 is 3.04. The number of cyclic esters (lactones) is 1. The third-order valence-corrected chi connectivity index (χ3v) is 1.95. The van der Waals surface area contributed by atoms with E-state index in [0.717, 1.165) is 0 Å². The van der Waals surface area contributed by atoms with E-state index >= 15 is 0 Å². The third-order valence-electron chi connectivity index (χ3n) is 1.36. The average molecular weight is 223 g/mol. The summed E-state index contributed by atoms with van der Waals surface area (Å²) in [5.41, 5.74) is -0.155. The van der Waals surface area contributed by atoms with Gasteiger partial charge in [0.15, 0.2) is 0 Å². The molecule has 1 rings (SSSR count). The molecule has 0 bridgehead atoms. The monoisotopic (exact) mass is 222 g/mol. The fraction of sp³-hybridized carbons (Fsp3) is 0.857. The van der Waals surface area contributed by atoms with Crippen LogP contribution in [0.2, 0.25) is 0 Å². The number of halogens is 1. The van der Waals surface area contributed by atoms with Crippen LogP contribution in [0.4, 0.5) is 0 Å². The lowest BCUT2D eigenvalue weighted by molar-refractivity contribution is -0.154. The third kappa shape index (κ3) is 1.93. The molecule has 1 aliphatic heterocycles. The number of hydrogen-bond donors (Lipinski definition) is 0. The van der Waals surface area contributed by atoms with Crippen molar-refractivity contribution in [2.24, 2.45) is 5.41 Å². The Morgan fingerprint density at radius 3 is 2.18 bits per heavy atom. The van der Waals surface area contributed by atoms with Crippen LogP contribution in [0.3, 0.4) is 0 Å².